The number of aliphatic carboxylic acids is 1. The fourth-order valence-corrected chi connectivity index (χ4v) is 1.84. The number of thiazole rings is 1. The number of carboxylic acids is 1. The maximum absolute atomic E-state index is 10.9. The number of carbonyl (C=O) groups excluding carboxylic acids is 1. The van der Waals surface area contributed by atoms with Crippen molar-refractivity contribution in [3.05, 3.63) is 16.8 Å². The molecule has 0 fully saturated rings. The molecule has 0 saturated carbocycles. The summed E-state index contributed by atoms with van der Waals surface area (Å²) < 4.78 is 5.21. The van der Waals surface area contributed by atoms with Crippen LogP contribution in [0.4, 0.5) is 5.00 Å². The summed E-state index contributed by atoms with van der Waals surface area (Å²) in [7, 11) is 1.68. The van der Waals surface area contributed by atoms with Crippen LogP contribution in [0.2, 0.25) is 0 Å². The lowest BCUT2D eigenvalue weighted by atomic mass is 10.2. The van der Waals surface area contributed by atoms with Gasteiger partial charge in [-0.25, -0.2) is 9.78 Å². The van der Waals surface area contributed by atoms with Gasteiger partial charge in [0, 0.05) is 7.05 Å². The van der Waals surface area contributed by atoms with Gasteiger partial charge in [0.1, 0.15) is 16.3 Å². The molecule has 7 heteroatoms. The third kappa shape index (κ3) is 2.82. The minimum atomic E-state index is -1.33. The van der Waals surface area contributed by atoms with Crippen LogP contribution in [0.3, 0.4) is 0 Å². The predicted octanol–water partition coefficient (Wildman–Crippen LogP) is 1.22. The summed E-state index contributed by atoms with van der Waals surface area (Å²) in [5.41, 5.74) is 1.45. The zero-order chi connectivity index (χ0) is 12.8. The molecule has 0 bridgehead atoms. The number of aldehydes is 1. The van der Waals surface area contributed by atoms with Crippen molar-refractivity contribution in [2.45, 2.75) is 6.92 Å². The standard InChI is InChI=1S/C10H12N2O4S/c1-3-16-8(6(4-13)10(14)15)7-9(11-2)17-5-12-7/h4-5,11H,3H2,1-2H3,(H,14,15)/b8-6-. The highest BCUT2D eigenvalue weighted by atomic mass is 32.1. The molecule has 6 nitrogen and oxygen atoms in total. The first-order valence-electron chi connectivity index (χ1n) is 4.82. The molecule has 0 saturated heterocycles. The molecule has 0 aromatic carbocycles. The second-order valence-corrected chi connectivity index (χ2v) is 3.73. The van der Waals surface area contributed by atoms with Gasteiger partial charge in [-0.05, 0) is 6.92 Å². The van der Waals surface area contributed by atoms with Crippen molar-refractivity contribution in [1.29, 1.82) is 0 Å². The van der Waals surface area contributed by atoms with Gasteiger partial charge in [0.15, 0.2) is 12.0 Å². The van der Waals surface area contributed by atoms with Crippen LogP contribution in [0.5, 0.6) is 0 Å². The number of aromatic nitrogens is 1. The number of hydrogen-bond donors (Lipinski definition) is 2. The molecule has 0 aliphatic carbocycles. The van der Waals surface area contributed by atoms with Crippen molar-refractivity contribution in [2.24, 2.45) is 0 Å². The van der Waals surface area contributed by atoms with Crippen LogP contribution < -0.4 is 5.32 Å². The Morgan fingerprint density at radius 1 is 1.71 bits per heavy atom. The van der Waals surface area contributed by atoms with Crippen molar-refractivity contribution < 1.29 is 19.4 Å². The normalized spacial score (nSPS) is 11.6. The molecule has 0 amide bonds. The Hall–Kier alpha value is -1.89. The Labute approximate surface area is 102 Å². The van der Waals surface area contributed by atoms with Crippen LogP contribution in [0.15, 0.2) is 11.1 Å². The minimum absolute atomic E-state index is 0.0133. The van der Waals surface area contributed by atoms with E-state index in [0.717, 1.165) is 0 Å². The van der Waals surface area contributed by atoms with Crippen LogP contribution in [-0.2, 0) is 14.3 Å². The first kappa shape index (κ1) is 13.2. The third-order valence-corrected chi connectivity index (χ3v) is 2.74. The second kappa shape index (κ2) is 6.00. The number of anilines is 1. The average Bonchev–Trinajstić information content (AvgIpc) is 2.76. The van der Waals surface area contributed by atoms with Crippen LogP contribution >= 0.6 is 11.3 Å². The highest BCUT2D eigenvalue weighted by Gasteiger charge is 2.21. The summed E-state index contributed by atoms with van der Waals surface area (Å²) >= 11 is 1.30. The molecule has 0 aliphatic heterocycles. The molecular formula is C10H12N2O4S. The number of hydrogen-bond acceptors (Lipinski definition) is 6. The first-order valence-corrected chi connectivity index (χ1v) is 5.70. The number of rotatable bonds is 6. The largest absolute Gasteiger partial charge is 0.490 e. The Kier molecular flexibility index (Phi) is 4.65. The highest BCUT2D eigenvalue weighted by Crippen LogP contribution is 2.29. The summed E-state index contributed by atoms with van der Waals surface area (Å²) in [4.78, 5) is 25.7. The van der Waals surface area contributed by atoms with Gasteiger partial charge in [0.05, 0.1) is 12.1 Å². The maximum Gasteiger partial charge on any atom is 0.342 e. The predicted molar refractivity (Wildman–Crippen MR) is 63.9 cm³/mol. The topological polar surface area (TPSA) is 88.5 Å². The van der Waals surface area contributed by atoms with Crippen molar-refractivity contribution >= 4 is 34.4 Å². The molecule has 0 spiro atoms. The van der Waals surface area contributed by atoms with Gasteiger partial charge in [0.25, 0.3) is 0 Å². The summed E-state index contributed by atoms with van der Waals surface area (Å²) in [6.45, 7) is 1.95. The van der Waals surface area contributed by atoms with Crippen molar-refractivity contribution in [3.8, 4) is 0 Å². The van der Waals surface area contributed by atoms with E-state index in [4.69, 9.17) is 9.84 Å². The van der Waals surface area contributed by atoms with Crippen molar-refractivity contribution in [1.82, 2.24) is 4.98 Å². The van der Waals surface area contributed by atoms with Gasteiger partial charge < -0.3 is 15.2 Å². The third-order valence-electron chi connectivity index (χ3n) is 1.89. The van der Waals surface area contributed by atoms with E-state index in [2.05, 4.69) is 10.3 Å². The number of ether oxygens (including phenoxy) is 1. The van der Waals surface area contributed by atoms with E-state index in [0.29, 0.717) is 10.7 Å². The van der Waals surface area contributed by atoms with E-state index in [1.54, 1.807) is 19.5 Å². The molecule has 2 N–H and O–H groups in total. The van der Waals surface area contributed by atoms with E-state index in [-0.39, 0.29) is 18.7 Å². The molecule has 1 rings (SSSR count). The van der Waals surface area contributed by atoms with E-state index in [1.807, 2.05) is 0 Å². The van der Waals surface area contributed by atoms with Crippen LogP contribution in [0.1, 0.15) is 12.6 Å². The van der Waals surface area contributed by atoms with Crippen LogP contribution in [0.25, 0.3) is 5.76 Å². The molecule has 1 heterocycles. The van der Waals surface area contributed by atoms with Gasteiger partial charge >= 0.3 is 5.97 Å². The zero-order valence-corrected chi connectivity index (χ0v) is 10.2. The van der Waals surface area contributed by atoms with Crippen LogP contribution in [-0.4, -0.2) is 36.0 Å². The SMILES string of the molecule is CCO/C(=C(/C=O)C(=O)O)c1ncsc1NC. The fourth-order valence-electron chi connectivity index (χ4n) is 1.20. The molecule has 92 valence electrons. The van der Waals surface area contributed by atoms with Crippen LogP contribution in [0, 0.1) is 0 Å². The monoisotopic (exact) mass is 256 g/mol. The van der Waals surface area contributed by atoms with Gasteiger partial charge in [-0.15, -0.1) is 11.3 Å². The number of carbonyl (C=O) groups is 2. The Morgan fingerprint density at radius 2 is 2.41 bits per heavy atom. The minimum Gasteiger partial charge on any atom is -0.490 e. The van der Waals surface area contributed by atoms with Gasteiger partial charge in [-0.1, -0.05) is 0 Å². The molecule has 0 aliphatic rings. The maximum atomic E-state index is 10.9. The lowest BCUT2D eigenvalue weighted by Gasteiger charge is -2.09. The summed E-state index contributed by atoms with van der Waals surface area (Å²) in [5.74, 6) is -1.35. The van der Waals surface area contributed by atoms with E-state index >= 15 is 0 Å². The zero-order valence-electron chi connectivity index (χ0n) is 9.39. The van der Waals surface area contributed by atoms with Gasteiger partial charge in [-0.2, -0.15) is 0 Å². The average molecular weight is 256 g/mol. The fraction of sp³-hybridized carbons (Fsp3) is 0.300. The summed E-state index contributed by atoms with van der Waals surface area (Å²) in [6.07, 6.45) is 0.256. The molecule has 17 heavy (non-hydrogen) atoms. The quantitative estimate of drug-likeness (QED) is 0.261. The van der Waals surface area contributed by atoms with E-state index < -0.39 is 11.5 Å². The summed E-state index contributed by atoms with van der Waals surface area (Å²) in [6, 6.07) is 0. The van der Waals surface area contributed by atoms with Gasteiger partial charge in [-0.3, -0.25) is 4.79 Å². The molecule has 0 radical (unpaired) electrons. The second-order valence-electron chi connectivity index (χ2n) is 2.88. The smallest absolute Gasteiger partial charge is 0.342 e. The summed E-state index contributed by atoms with van der Waals surface area (Å²) in [5, 5.41) is 12.4. The van der Waals surface area contributed by atoms with E-state index in [1.165, 1.54) is 11.3 Å². The number of nitrogens with one attached hydrogen (secondary N) is 1. The Bertz CT molecular complexity index is 453. The van der Waals surface area contributed by atoms with Gasteiger partial charge in [0.2, 0.25) is 0 Å². The first-order chi connectivity index (χ1) is 8.15. The number of carboxylic acid groups (broad SMARTS) is 1. The van der Waals surface area contributed by atoms with Crippen molar-refractivity contribution in [3.63, 3.8) is 0 Å². The van der Waals surface area contributed by atoms with E-state index in [9.17, 15) is 9.59 Å². The molecule has 0 unspecified atom stereocenters. The van der Waals surface area contributed by atoms with Crippen molar-refractivity contribution in [2.75, 3.05) is 19.0 Å². The molecule has 0 atom stereocenters. The Balaban J connectivity index is 3.34. The number of nitrogens with zero attached hydrogens (tertiary/aromatic N) is 1. The molecule has 1 aromatic rings. The molecular weight excluding hydrogens is 244 g/mol. The lowest BCUT2D eigenvalue weighted by Crippen LogP contribution is -2.09. The molecule has 1 aromatic heterocycles. The lowest BCUT2D eigenvalue weighted by molar-refractivity contribution is -0.133. The highest BCUT2D eigenvalue weighted by molar-refractivity contribution is 7.14. The Morgan fingerprint density at radius 3 is 2.88 bits per heavy atom.